The zero-order valence-electron chi connectivity index (χ0n) is 18.9. The summed E-state index contributed by atoms with van der Waals surface area (Å²) in [5.74, 6) is -1.36. The summed E-state index contributed by atoms with van der Waals surface area (Å²) in [6, 6.07) is 6.66. The van der Waals surface area contributed by atoms with Gasteiger partial charge < -0.3 is 18.9 Å². The Balaban J connectivity index is 1.37. The molecule has 5 rings (SSSR count). The molecule has 8 nitrogen and oxygen atoms in total. The van der Waals surface area contributed by atoms with Gasteiger partial charge in [-0.15, -0.1) is 0 Å². The second-order valence-corrected chi connectivity index (χ2v) is 9.66. The van der Waals surface area contributed by atoms with Gasteiger partial charge in [-0.25, -0.2) is 4.79 Å². The molecule has 3 aromatic heterocycles. The predicted molar refractivity (Wildman–Crippen MR) is 130 cm³/mol. The number of halogens is 1. The third-order valence-corrected chi connectivity index (χ3v) is 6.98. The van der Waals surface area contributed by atoms with Gasteiger partial charge >= 0.3 is 5.97 Å². The second-order valence-electron chi connectivity index (χ2n) is 8.75. The van der Waals surface area contributed by atoms with Gasteiger partial charge in [0, 0.05) is 43.0 Å². The number of ether oxygens (including phenoxy) is 1. The molecule has 1 aliphatic carbocycles. The summed E-state index contributed by atoms with van der Waals surface area (Å²) in [6.07, 6.45) is 4.82. The zero-order chi connectivity index (χ0) is 23.8. The molecule has 0 unspecified atom stereocenters. The first kappa shape index (κ1) is 22.9. The minimum atomic E-state index is -0.589. The number of aromatic nitrogens is 2. The summed E-state index contributed by atoms with van der Waals surface area (Å²) in [7, 11) is 2.13. The summed E-state index contributed by atoms with van der Waals surface area (Å²) in [4.78, 5) is 48.7. The number of esters is 1. The highest BCUT2D eigenvalue weighted by Crippen LogP contribution is 2.34. The maximum absolute atomic E-state index is 13.4. The molecule has 2 aliphatic rings. The fourth-order valence-electron chi connectivity index (χ4n) is 4.64. The highest BCUT2D eigenvalue weighted by Gasteiger charge is 2.39. The molecule has 0 amide bonds. The van der Waals surface area contributed by atoms with Crippen molar-refractivity contribution in [2.75, 3.05) is 46.4 Å². The molecule has 0 aromatic carbocycles. The summed E-state index contributed by atoms with van der Waals surface area (Å²) >= 11 is 3.41. The van der Waals surface area contributed by atoms with Crippen LogP contribution >= 0.6 is 15.9 Å². The quantitative estimate of drug-likeness (QED) is 0.283. The minimum Gasteiger partial charge on any atom is -0.462 e. The van der Waals surface area contributed by atoms with Crippen LogP contribution in [0.2, 0.25) is 0 Å². The Labute approximate surface area is 205 Å². The van der Waals surface area contributed by atoms with Gasteiger partial charge in [0.15, 0.2) is 5.78 Å². The lowest BCUT2D eigenvalue weighted by atomic mass is 9.89. The van der Waals surface area contributed by atoms with Crippen molar-refractivity contribution < 1.29 is 19.1 Å². The molecule has 0 saturated carbocycles. The van der Waals surface area contributed by atoms with Gasteiger partial charge in [0.05, 0.1) is 28.8 Å². The van der Waals surface area contributed by atoms with E-state index in [1.807, 2.05) is 0 Å². The maximum Gasteiger partial charge on any atom is 0.341 e. The van der Waals surface area contributed by atoms with Crippen molar-refractivity contribution in [2.24, 2.45) is 0 Å². The van der Waals surface area contributed by atoms with Crippen LogP contribution in [-0.4, -0.2) is 83.1 Å². The lowest BCUT2D eigenvalue weighted by Gasteiger charge is -2.32. The van der Waals surface area contributed by atoms with Gasteiger partial charge in [-0.1, -0.05) is 0 Å². The van der Waals surface area contributed by atoms with Crippen molar-refractivity contribution in [3.8, 4) is 0 Å². The van der Waals surface area contributed by atoms with E-state index in [2.05, 4.69) is 37.8 Å². The maximum atomic E-state index is 13.4. The van der Waals surface area contributed by atoms with Crippen LogP contribution in [-0.2, 0) is 4.74 Å². The molecule has 0 atom stereocenters. The van der Waals surface area contributed by atoms with Crippen molar-refractivity contribution in [3.63, 3.8) is 0 Å². The highest BCUT2D eigenvalue weighted by atomic mass is 79.9. The largest absolute Gasteiger partial charge is 0.462 e. The van der Waals surface area contributed by atoms with Crippen molar-refractivity contribution in [2.45, 2.75) is 12.8 Å². The van der Waals surface area contributed by atoms with Gasteiger partial charge in [0.1, 0.15) is 11.4 Å². The third kappa shape index (κ3) is 4.08. The second kappa shape index (κ2) is 9.40. The highest BCUT2D eigenvalue weighted by molar-refractivity contribution is 9.10. The van der Waals surface area contributed by atoms with E-state index < -0.39 is 5.97 Å². The van der Waals surface area contributed by atoms with E-state index in [1.165, 1.54) is 6.20 Å². The number of fused-ring (bicyclic) bond motifs is 4. The van der Waals surface area contributed by atoms with Gasteiger partial charge in [0.25, 0.3) is 0 Å². The van der Waals surface area contributed by atoms with E-state index in [9.17, 15) is 14.4 Å². The lowest BCUT2D eigenvalue weighted by Crippen LogP contribution is -2.44. The Morgan fingerprint density at radius 3 is 2.68 bits per heavy atom. The number of likely N-dealkylation sites (N-methyl/N-ethyl adjacent to an activating group) is 1. The Morgan fingerprint density at radius 2 is 1.88 bits per heavy atom. The molecule has 0 N–H and O–H groups in total. The number of carbonyl (C=O) groups is 3. The molecule has 0 bridgehead atoms. The topological polar surface area (TPSA) is 84.2 Å². The molecule has 34 heavy (non-hydrogen) atoms. The fraction of sp³-hybridized carbons (Fsp3) is 0.360. The van der Waals surface area contributed by atoms with Crippen molar-refractivity contribution in [1.82, 2.24) is 19.2 Å². The molecule has 4 heterocycles. The molecule has 9 heteroatoms. The Morgan fingerprint density at radius 1 is 1.09 bits per heavy atom. The average Bonchev–Trinajstić information content (AvgIpc) is 3.18. The van der Waals surface area contributed by atoms with E-state index in [4.69, 9.17) is 4.74 Å². The summed E-state index contributed by atoms with van der Waals surface area (Å²) in [6.45, 7) is 5.49. The average molecular weight is 525 g/mol. The first-order chi connectivity index (χ1) is 16.5. The standard InChI is InChI=1S/C25H25BrN4O4/c1-28-10-12-29(13-11-28)9-2-3-14-34-25(33)19-18-7-6-16(26)15-30(18)22-20(19)23(31)17-5-4-8-27-21(17)24(22)32/h4-8,15H,2-3,9-14H2,1H3. The molecular weight excluding hydrogens is 500 g/mol. The van der Waals surface area contributed by atoms with Crippen LogP contribution in [0, 0.1) is 0 Å². The Bertz CT molecular complexity index is 1290. The number of unbranched alkanes of at least 4 members (excludes halogenated alkanes) is 1. The first-order valence-electron chi connectivity index (χ1n) is 11.4. The van der Waals surface area contributed by atoms with Crippen LogP contribution in [0.5, 0.6) is 0 Å². The summed E-state index contributed by atoms with van der Waals surface area (Å²) in [5.41, 5.74) is 1.14. The summed E-state index contributed by atoms with van der Waals surface area (Å²) < 4.78 is 7.90. The van der Waals surface area contributed by atoms with E-state index in [0.29, 0.717) is 9.99 Å². The van der Waals surface area contributed by atoms with E-state index in [0.717, 1.165) is 45.6 Å². The molecule has 0 radical (unpaired) electrons. The van der Waals surface area contributed by atoms with E-state index >= 15 is 0 Å². The SMILES string of the molecule is CN1CCN(CCCCOC(=O)c2c3c(n4cc(Br)ccc24)C(=O)c2ncccc2C3=O)CC1. The van der Waals surface area contributed by atoms with Crippen LogP contribution in [0.4, 0.5) is 0 Å². The molecule has 0 spiro atoms. The number of hydrogen-bond acceptors (Lipinski definition) is 7. The fourth-order valence-corrected chi connectivity index (χ4v) is 4.98. The first-order valence-corrected chi connectivity index (χ1v) is 12.2. The number of rotatable bonds is 6. The zero-order valence-corrected chi connectivity index (χ0v) is 20.5. The number of nitrogens with zero attached hydrogens (tertiary/aromatic N) is 4. The van der Waals surface area contributed by atoms with Gasteiger partial charge in [-0.2, -0.15) is 0 Å². The number of hydrogen-bond donors (Lipinski definition) is 0. The third-order valence-electron chi connectivity index (χ3n) is 6.51. The number of carbonyl (C=O) groups excluding carboxylic acids is 3. The normalized spacial score (nSPS) is 16.5. The molecule has 1 saturated heterocycles. The van der Waals surface area contributed by atoms with Crippen LogP contribution in [0.3, 0.4) is 0 Å². The van der Waals surface area contributed by atoms with Crippen LogP contribution in [0.25, 0.3) is 5.52 Å². The van der Waals surface area contributed by atoms with E-state index in [-0.39, 0.29) is 46.3 Å². The number of piperazine rings is 1. The van der Waals surface area contributed by atoms with Crippen LogP contribution in [0.15, 0.2) is 41.1 Å². The van der Waals surface area contributed by atoms with E-state index in [1.54, 1.807) is 34.9 Å². The smallest absolute Gasteiger partial charge is 0.341 e. The molecule has 1 aliphatic heterocycles. The number of ketones is 2. The van der Waals surface area contributed by atoms with Gasteiger partial charge in [0.2, 0.25) is 5.78 Å². The lowest BCUT2D eigenvalue weighted by molar-refractivity contribution is 0.0492. The van der Waals surface area contributed by atoms with Crippen molar-refractivity contribution in [3.05, 3.63) is 69.2 Å². The minimum absolute atomic E-state index is 0.0889. The monoisotopic (exact) mass is 524 g/mol. The molecule has 1 fully saturated rings. The molecule has 176 valence electrons. The van der Waals surface area contributed by atoms with Crippen molar-refractivity contribution >= 4 is 39.0 Å². The number of pyridine rings is 2. The Hall–Kier alpha value is -2.88. The van der Waals surface area contributed by atoms with Gasteiger partial charge in [-0.05, 0) is 66.6 Å². The van der Waals surface area contributed by atoms with Crippen molar-refractivity contribution in [1.29, 1.82) is 0 Å². The van der Waals surface area contributed by atoms with Gasteiger partial charge in [-0.3, -0.25) is 14.6 Å². The van der Waals surface area contributed by atoms with Crippen LogP contribution < -0.4 is 0 Å². The summed E-state index contributed by atoms with van der Waals surface area (Å²) in [5, 5.41) is 0. The predicted octanol–water partition coefficient (Wildman–Crippen LogP) is 3.06. The Kier molecular flexibility index (Phi) is 6.33. The molecule has 3 aromatic rings. The van der Waals surface area contributed by atoms with Crippen LogP contribution in [0.1, 0.15) is 55.3 Å². The molecular formula is C25H25BrN4O4.